The molecule has 2 rings (SSSR count). The van der Waals surface area contributed by atoms with Gasteiger partial charge in [-0.3, -0.25) is 0 Å². The Kier molecular flexibility index (Phi) is 4.80. The molecule has 0 saturated heterocycles. The molecule has 4 heteroatoms. The Morgan fingerprint density at radius 1 is 1.15 bits per heavy atom. The van der Waals surface area contributed by atoms with Crippen molar-refractivity contribution in [3.63, 3.8) is 0 Å². The molecule has 0 aliphatic rings. The predicted molar refractivity (Wildman–Crippen MR) is 81.9 cm³/mol. The van der Waals surface area contributed by atoms with E-state index >= 15 is 0 Å². The van der Waals surface area contributed by atoms with Gasteiger partial charge in [-0.15, -0.1) is 0 Å². The minimum absolute atomic E-state index is 0.536. The van der Waals surface area contributed by atoms with E-state index in [4.69, 9.17) is 21.5 Å². The predicted octanol–water partition coefficient (Wildman–Crippen LogP) is 5.00. The lowest BCUT2D eigenvalue weighted by molar-refractivity contribution is 0.319. The third kappa shape index (κ3) is 4.14. The molecular weight excluding hydrogens is 274 g/mol. The van der Waals surface area contributed by atoms with Crippen LogP contribution in [0.15, 0.2) is 59.8 Å². The highest BCUT2D eigenvalue weighted by atomic mass is 35.5. The van der Waals surface area contributed by atoms with Gasteiger partial charge >= 0.3 is 0 Å². The molecule has 0 spiro atoms. The van der Waals surface area contributed by atoms with E-state index in [2.05, 4.69) is 5.16 Å². The fourth-order valence-corrected chi connectivity index (χ4v) is 1.70. The second-order valence-corrected chi connectivity index (χ2v) is 4.64. The van der Waals surface area contributed by atoms with Crippen molar-refractivity contribution in [2.24, 2.45) is 5.16 Å². The number of allylic oxidation sites excluding steroid dienone is 1. The normalized spacial score (nSPS) is 11.8. The van der Waals surface area contributed by atoms with Crippen LogP contribution < -0.4 is 4.74 Å². The lowest BCUT2D eigenvalue weighted by atomic mass is 10.2. The van der Waals surface area contributed by atoms with E-state index in [0.29, 0.717) is 10.7 Å². The Morgan fingerprint density at radius 3 is 2.60 bits per heavy atom. The molecule has 0 fully saturated rings. The van der Waals surface area contributed by atoms with E-state index in [1.165, 1.54) is 0 Å². The van der Waals surface area contributed by atoms with Crippen LogP contribution in [0, 0.1) is 0 Å². The summed E-state index contributed by atoms with van der Waals surface area (Å²) in [6, 6.07) is 14.8. The fraction of sp³-hybridized carbons (Fsp3) is 0.0625. The summed E-state index contributed by atoms with van der Waals surface area (Å²) in [5.41, 5.74) is 1.49. The van der Waals surface area contributed by atoms with Gasteiger partial charge in [0.05, 0.1) is 5.71 Å². The van der Waals surface area contributed by atoms with E-state index in [1.807, 2.05) is 42.5 Å². The first kappa shape index (κ1) is 14.2. The van der Waals surface area contributed by atoms with Crippen molar-refractivity contribution < 1.29 is 9.94 Å². The quantitative estimate of drug-likeness (QED) is 0.489. The summed E-state index contributed by atoms with van der Waals surface area (Å²) in [6.45, 7) is 1.71. The number of benzene rings is 2. The van der Waals surface area contributed by atoms with Crippen LogP contribution in [0.5, 0.6) is 11.5 Å². The maximum atomic E-state index is 8.59. The maximum Gasteiger partial charge on any atom is 0.128 e. The van der Waals surface area contributed by atoms with Crippen molar-refractivity contribution in [2.45, 2.75) is 6.92 Å². The molecule has 0 aliphatic heterocycles. The standard InChI is InChI=1S/C16H14ClNO2/c1-12(18-19)5-6-13-3-2-4-16(11-13)20-15-9-7-14(17)8-10-15/h2-11,19H,1H3. The monoisotopic (exact) mass is 287 g/mol. The van der Waals surface area contributed by atoms with E-state index < -0.39 is 0 Å². The molecule has 102 valence electrons. The third-order valence-electron chi connectivity index (χ3n) is 2.58. The molecule has 2 aromatic carbocycles. The van der Waals surface area contributed by atoms with Crippen LogP contribution in [0.2, 0.25) is 5.02 Å². The number of hydrogen-bond donors (Lipinski definition) is 1. The first-order valence-corrected chi connectivity index (χ1v) is 6.45. The van der Waals surface area contributed by atoms with Gasteiger partial charge in [0.2, 0.25) is 0 Å². The van der Waals surface area contributed by atoms with Crippen LogP contribution in [-0.2, 0) is 0 Å². The molecule has 0 atom stereocenters. The fourth-order valence-electron chi connectivity index (χ4n) is 1.57. The highest BCUT2D eigenvalue weighted by Gasteiger charge is 1.98. The second-order valence-electron chi connectivity index (χ2n) is 4.20. The van der Waals surface area contributed by atoms with Crippen molar-refractivity contribution in [2.75, 3.05) is 0 Å². The van der Waals surface area contributed by atoms with Crippen LogP contribution in [0.25, 0.3) is 6.08 Å². The van der Waals surface area contributed by atoms with Gasteiger partial charge in [0.1, 0.15) is 11.5 Å². The van der Waals surface area contributed by atoms with Gasteiger partial charge in [0.25, 0.3) is 0 Å². The average Bonchev–Trinajstić information content (AvgIpc) is 2.47. The molecule has 0 unspecified atom stereocenters. The zero-order valence-electron chi connectivity index (χ0n) is 11.0. The minimum Gasteiger partial charge on any atom is -0.457 e. The highest BCUT2D eigenvalue weighted by molar-refractivity contribution is 6.30. The lowest BCUT2D eigenvalue weighted by Crippen LogP contribution is -1.85. The zero-order valence-corrected chi connectivity index (χ0v) is 11.7. The number of ether oxygens (including phenoxy) is 1. The average molecular weight is 288 g/mol. The molecule has 20 heavy (non-hydrogen) atoms. The van der Waals surface area contributed by atoms with Gasteiger partial charge in [-0.05, 0) is 55.0 Å². The van der Waals surface area contributed by atoms with Crippen LogP contribution >= 0.6 is 11.6 Å². The topological polar surface area (TPSA) is 41.8 Å². The molecule has 0 radical (unpaired) electrons. The summed E-state index contributed by atoms with van der Waals surface area (Å²) < 4.78 is 5.73. The lowest BCUT2D eigenvalue weighted by Gasteiger charge is -2.06. The molecule has 0 aliphatic carbocycles. The van der Waals surface area contributed by atoms with Gasteiger partial charge in [-0.1, -0.05) is 35.0 Å². The Bertz CT molecular complexity index is 633. The first-order chi connectivity index (χ1) is 9.67. The third-order valence-corrected chi connectivity index (χ3v) is 2.83. The Balaban J connectivity index is 2.13. The van der Waals surface area contributed by atoms with Gasteiger partial charge in [0, 0.05) is 5.02 Å². The van der Waals surface area contributed by atoms with Crippen molar-refractivity contribution in [3.05, 3.63) is 65.2 Å². The van der Waals surface area contributed by atoms with Crippen LogP contribution in [0.4, 0.5) is 0 Å². The van der Waals surface area contributed by atoms with Crippen molar-refractivity contribution in [3.8, 4) is 11.5 Å². The van der Waals surface area contributed by atoms with E-state index in [1.54, 1.807) is 25.1 Å². The van der Waals surface area contributed by atoms with Gasteiger partial charge in [-0.2, -0.15) is 0 Å². The number of oxime groups is 1. The Hall–Kier alpha value is -2.26. The van der Waals surface area contributed by atoms with Gasteiger partial charge in [0.15, 0.2) is 0 Å². The smallest absolute Gasteiger partial charge is 0.128 e. The molecule has 0 bridgehead atoms. The Morgan fingerprint density at radius 2 is 1.90 bits per heavy atom. The molecule has 1 N–H and O–H groups in total. The largest absolute Gasteiger partial charge is 0.457 e. The summed E-state index contributed by atoms with van der Waals surface area (Å²) in [6.07, 6.45) is 3.57. The van der Waals surface area contributed by atoms with Gasteiger partial charge < -0.3 is 9.94 Å². The number of nitrogens with zero attached hydrogens (tertiary/aromatic N) is 1. The molecule has 0 saturated carbocycles. The van der Waals surface area contributed by atoms with E-state index in [9.17, 15) is 0 Å². The van der Waals surface area contributed by atoms with E-state index in [0.717, 1.165) is 17.1 Å². The van der Waals surface area contributed by atoms with Crippen LogP contribution in [0.3, 0.4) is 0 Å². The number of hydrogen-bond acceptors (Lipinski definition) is 3. The molecule has 3 nitrogen and oxygen atoms in total. The minimum atomic E-state index is 0.536. The number of rotatable bonds is 4. The molecule has 0 aromatic heterocycles. The summed E-state index contributed by atoms with van der Waals surface area (Å²) in [7, 11) is 0. The van der Waals surface area contributed by atoms with Crippen molar-refractivity contribution >= 4 is 23.4 Å². The molecular formula is C16H14ClNO2. The maximum absolute atomic E-state index is 8.59. The van der Waals surface area contributed by atoms with Crippen molar-refractivity contribution in [1.29, 1.82) is 0 Å². The number of halogens is 1. The highest BCUT2D eigenvalue weighted by Crippen LogP contribution is 2.24. The second kappa shape index (κ2) is 6.78. The molecule has 0 amide bonds. The zero-order chi connectivity index (χ0) is 14.4. The first-order valence-electron chi connectivity index (χ1n) is 6.07. The summed E-state index contributed by atoms with van der Waals surface area (Å²) in [4.78, 5) is 0. The Labute approximate surface area is 122 Å². The van der Waals surface area contributed by atoms with Gasteiger partial charge in [-0.25, -0.2) is 0 Å². The summed E-state index contributed by atoms with van der Waals surface area (Å²) >= 11 is 5.83. The van der Waals surface area contributed by atoms with Crippen LogP contribution in [0.1, 0.15) is 12.5 Å². The summed E-state index contributed by atoms with van der Waals surface area (Å²) in [5.74, 6) is 1.46. The molecule has 0 heterocycles. The summed E-state index contributed by atoms with van der Waals surface area (Å²) in [5, 5.41) is 12.3. The SMILES string of the molecule is CC(C=Cc1cccc(Oc2ccc(Cl)cc2)c1)=NO. The van der Waals surface area contributed by atoms with Crippen molar-refractivity contribution in [1.82, 2.24) is 0 Å². The molecule has 2 aromatic rings. The van der Waals surface area contributed by atoms with E-state index in [-0.39, 0.29) is 0 Å². The van der Waals surface area contributed by atoms with Crippen LogP contribution in [-0.4, -0.2) is 10.9 Å².